The molecule has 6 heavy (non-hydrogen) atoms. The minimum Gasteiger partial charge on any atom is -0.106 e. The maximum absolute atomic E-state index is 5.08. The molecule has 0 saturated carbocycles. The summed E-state index contributed by atoms with van der Waals surface area (Å²) >= 11 is 5.08. The van der Waals surface area contributed by atoms with Crippen molar-refractivity contribution >= 4 is 11.6 Å². The Labute approximate surface area is 43.5 Å². The maximum Gasteiger partial charge on any atom is 0.122 e. The van der Waals surface area contributed by atoms with Crippen molar-refractivity contribution in [3.05, 3.63) is 5.88 Å². The monoisotopic (exact) mass is 101 g/mol. The third kappa shape index (κ3) is 3.85. The van der Waals surface area contributed by atoms with Gasteiger partial charge in [0.25, 0.3) is 0 Å². The summed E-state index contributed by atoms with van der Waals surface area (Å²) in [6, 6.07) is 0. The highest BCUT2D eigenvalue weighted by molar-refractivity contribution is 6.25. The van der Waals surface area contributed by atoms with E-state index in [4.69, 9.17) is 11.6 Å². The van der Waals surface area contributed by atoms with E-state index in [1.807, 2.05) is 6.92 Å². The molecule has 0 heterocycles. The summed E-state index contributed by atoms with van der Waals surface area (Å²) in [7, 11) is 0. The van der Waals surface area contributed by atoms with Crippen LogP contribution in [0.15, 0.2) is 0 Å². The highest BCUT2D eigenvalue weighted by Crippen LogP contribution is 1.77. The average Bonchev–Trinajstić information content (AvgIpc) is 1.61. The Morgan fingerprint density at radius 3 is 2.67 bits per heavy atom. The zero-order chi connectivity index (χ0) is 4.83. The second kappa shape index (κ2) is 4.85. The fraction of sp³-hybridized carbons (Fsp3) is 0.400. The molecule has 33 valence electrons. The first-order valence-electron chi connectivity index (χ1n) is 1.82. The van der Waals surface area contributed by atoms with Crippen LogP contribution in [0.2, 0.25) is 0 Å². The van der Waals surface area contributed by atoms with Crippen LogP contribution in [0.5, 0.6) is 0 Å². The van der Waals surface area contributed by atoms with Gasteiger partial charge in [-0.3, -0.25) is 0 Å². The third-order valence-corrected chi connectivity index (χ3v) is 0.443. The van der Waals surface area contributed by atoms with Crippen molar-refractivity contribution in [2.45, 2.75) is 13.3 Å². The molecule has 0 atom stereocenters. The second-order valence-corrected chi connectivity index (χ2v) is 1.00. The van der Waals surface area contributed by atoms with Crippen molar-refractivity contribution in [3.8, 4) is 11.8 Å². The summed E-state index contributed by atoms with van der Waals surface area (Å²) in [5.74, 6) is 6.67. The lowest BCUT2D eigenvalue weighted by Gasteiger charge is -1.63. The van der Waals surface area contributed by atoms with Gasteiger partial charge in [0, 0.05) is 6.42 Å². The first-order valence-corrected chi connectivity index (χ1v) is 2.25. The largest absolute Gasteiger partial charge is 0.122 e. The molecule has 0 amide bonds. The summed E-state index contributed by atoms with van der Waals surface area (Å²) in [4.78, 5) is 0. The van der Waals surface area contributed by atoms with Gasteiger partial charge in [-0.15, -0.1) is 17.5 Å². The van der Waals surface area contributed by atoms with Crippen molar-refractivity contribution in [3.63, 3.8) is 0 Å². The van der Waals surface area contributed by atoms with E-state index in [9.17, 15) is 0 Å². The fourth-order valence-electron chi connectivity index (χ4n) is 0.141. The van der Waals surface area contributed by atoms with Gasteiger partial charge in [0.05, 0.1) is 0 Å². The van der Waals surface area contributed by atoms with E-state index in [0.717, 1.165) is 6.42 Å². The van der Waals surface area contributed by atoms with E-state index < -0.39 is 0 Å². The number of rotatable bonds is 0. The SMILES string of the molecule is CCC#C[CH]Cl. The summed E-state index contributed by atoms with van der Waals surface area (Å²) < 4.78 is 0. The second-order valence-electron chi connectivity index (χ2n) is 0.784. The lowest BCUT2D eigenvalue weighted by molar-refractivity contribution is 1.28. The van der Waals surface area contributed by atoms with Crippen LogP contribution in [-0.4, -0.2) is 0 Å². The number of halogens is 1. The van der Waals surface area contributed by atoms with Crippen LogP contribution in [0.4, 0.5) is 0 Å². The van der Waals surface area contributed by atoms with Crippen LogP contribution in [0.25, 0.3) is 0 Å². The minimum absolute atomic E-state index is 0.878. The molecule has 0 aromatic carbocycles. The molecule has 0 nitrogen and oxygen atoms in total. The minimum atomic E-state index is 0.878. The molecular weight excluding hydrogens is 95.5 g/mol. The maximum atomic E-state index is 5.08. The van der Waals surface area contributed by atoms with Crippen molar-refractivity contribution in [2.24, 2.45) is 0 Å². The zero-order valence-electron chi connectivity index (χ0n) is 3.66. The predicted molar refractivity (Wildman–Crippen MR) is 28.2 cm³/mol. The van der Waals surface area contributed by atoms with Gasteiger partial charge in [-0.1, -0.05) is 12.8 Å². The van der Waals surface area contributed by atoms with E-state index in [-0.39, 0.29) is 0 Å². The van der Waals surface area contributed by atoms with Gasteiger partial charge in [-0.05, 0) is 0 Å². The molecule has 0 aliphatic rings. The first kappa shape index (κ1) is 5.85. The quantitative estimate of drug-likeness (QED) is 0.408. The molecule has 0 bridgehead atoms. The van der Waals surface area contributed by atoms with E-state index in [1.165, 1.54) is 5.88 Å². The Morgan fingerprint density at radius 2 is 2.50 bits per heavy atom. The Hall–Kier alpha value is -0.150. The first-order chi connectivity index (χ1) is 2.91. The van der Waals surface area contributed by atoms with Crippen LogP contribution in [-0.2, 0) is 0 Å². The Balaban J connectivity index is 2.90. The van der Waals surface area contributed by atoms with Crippen molar-refractivity contribution in [1.82, 2.24) is 0 Å². The van der Waals surface area contributed by atoms with Gasteiger partial charge >= 0.3 is 0 Å². The van der Waals surface area contributed by atoms with Crippen LogP contribution in [0.1, 0.15) is 13.3 Å². The molecule has 0 fully saturated rings. The standard InChI is InChI=1S/C5H6Cl/c1-2-3-4-5-6/h5H,2H2,1H3. The van der Waals surface area contributed by atoms with Gasteiger partial charge < -0.3 is 0 Å². The van der Waals surface area contributed by atoms with Gasteiger partial charge in [0.15, 0.2) is 0 Å². The highest BCUT2D eigenvalue weighted by Gasteiger charge is 1.59. The van der Waals surface area contributed by atoms with Gasteiger partial charge in [-0.2, -0.15) is 0 Å². The number of hydrogen-bond acceptors (Lipinski definition) is 0. The number of hydrogen-bond donors (Lipinski definition) is 0. The van der Waals surface area contributed by atoms with Crippen LogP contribution >= 0.6 is 11.6 Å². The smallest absolute Gasteiger partial charge is 0.106 e. The van der Waals surface area contributed by atoms with Gasteiger partial charge in [-0.25, -0.2) is 0 Å². The highest BCUT2D eigenvalue weighted by atomic mass is 35.5. The summed E-state index contributed by atoms with van der Waals surface area (Å²) in [6.07, 6.45) is 0.878. The zero-order valence-corrected chi connectivity index (χ0v) is 4.42. The summed E-state index contributed by atoms with van der Waals surface area (Å²) in [5, 5.41) is 0. The normalized spacial score (nSPS) is 6.33. The lowest BCUT2D eigenvalue weighted by atomic mass is 10.5. The molecule has 0 rings (SSSR count). The van der Waals surface area contributed by atoms with Crippen molar-refractivity contribution in [1.29, 1.82) is 0 Å². The molecule has 0 unspecified atom stereocenters. The summed E-state index contributed by atoms with van der Waals surface area (Å²) in [5.41, 5.74) is 0. The van der Waals surface area contributed by atoms with E-state index in [1.54, 1.807) is 0 Å². The van der Waals surface area contributed by atoms with Gasteiger partial charge in [0.2, 0.25) is 0 Å². The fourth-order valence-corrected chi connectivity index (χ4v) is 0.218. The predicted octanol–water partition coefficient (Wildman–Crippen LogP) is 1.80. The average molecular weight is 102 g/mol. The molecule has 0 saturated heterocycles. The Bertz CT molecular complexity index is 57.7. The summed E-state index contributed by atoms with van der Waals surface area (Å²) in [6.45, 7) is 1.98. The van der Waals surface area contributed by atoms with Crippen molar-refractivity contribution < 1.29 is 0 Å². The Morgan fingerprint density at radius 1 is 1.83 bits per heavy atom. The topological polar surface area (TPSA) is 0 Å². The van der Waals surface area contributed by atoms with Crippen LogP contribution < -0.4 is 0 Å². The molecular formula is C5H6Cl. The molecule has 0 spiro atoms. The molecule has 0 aromatic heterocycles. The van der Waals surface area contributed by atoms with E-state index >= 15 is 0 Å². The third-order valence-electron chi connectivity index (χ3n) is 0.333. The van der Waals surface area contributed by atoms with Crippen molar-refractivity contribution in [2.75, 3.05) is 0 Å². The molecule has 0 N–H and O–H groups in total. The molecule has 1 radical (unpaired) electrons. The van der Waals surface area contributed by atoms with E-state index in [2.05, 4.69) is 11.8 Å². The molecule has 0 aliphatic carbocycles. The molecule has 0 aromatic rings. The molecule has 0 aliphatic heterocycles. The lowest BCUT2D eigenvalue weighted by Crippen LogP contribution is -1.50. The van der Waals surface area contributed by atoms with Gasteiger partial charge in [0.1, 0.15) is 5.88 Å². The Kier molecular flexibility index (Phi) is 4.73. The van der Waals surface area contributed by atoms with Crippen LogP contribution in [0, 0.1) is 17.7 Å². The molecule has 1 heteroatoms. The van der Waals surface area contributed by atoms with E-state index in [0.29, 0.717) is 0 Å². The van der Waals surface area contributed by atoms with Crippen LogP contribution in [0.3, 0.4) is 0 Å².